The molecule has 0 aromatic rings. The molecule has 0 heterocycles. The molecule has 0 amide bonds. The average molecular weight is 272 g/mol. The quantitative estimate of drug-likeness (QED) is 0.392. The minimum Gasteiger partial charge on any atom is -0.366 e. The van der Waals surface area contributed by atoms with Crippen LogP contribution in [0.5, 0.6) is 0 Å². The maximum Gasteiger partial charge on any atom is 0.0501 e. The summed E-state index contributed by atoms with van der Waals surface area (Å²) in [6.45, 7) is 5.64. The lowest BCUT2D eigenvalue weighted by atomic mass is 9.77. The summed E-state index contributed by atoms with van der Waals surface area (Å²) in [5, 5.41) is 0. The molecule has 0 bridgehead atoms. The Labute approximate surface area is 117 Å². The predicted molar refractivity (Wildman–Crippen MR) is 83.7 cm³/mol. The van der Waals surface area contributed by atoms with E-state index in [2.05, 4.69) is 23.3 Å². The first-order chi connectivity index (χ1) is 8.72. The number of rotatable bonds is 9. The molecule has 108 valence electrons. The molecule has 0 N–H and O–H groups in total. The molecule has 1 nitrogen and oxygen atoms in total. The molecule has 0 saturated heterocycles. The normalized spacial score (nSPS) is 24.7. The van der Waals surface area contributed by atoms with E-state index in [1.807, 2.05) is 0 Å². The van der Waals surface area contributed by atoms with Crippen molar-refractivity contribution in [1.82, 2.24) is 0 Å². The van der Waals surface area contributed by atoms with Gasteiger partial charge in [-0.15, -0.1) is 0 Å². The van der Waals surface area contributed by atoms with Crippen molar-refractivity contribution in [3.63, 3.8) is 0 Å². The molecule has 1 atom stereocenters. The van der Waals surface area contributed by atoms with Crippen molar-refractivity contribution in [2.45, 2.75) is 78.1 Å². The highest BCUT2D eigenvalue weighted by Crippen LogP contribution is 2.35. The molecule has 2 heteroatoms. The Kier molecular flexibility index (Phi) is 9.33. The van der Waals surface area contributed by atoms with Gasteiger partial charge in [0.1, 0.15) is 0 Å². The fourth-order valence-electron chi connectivity index (χ4n) is 3.39. The van der Waals surface area contributed by atoms with Crippen LogP contribution in [-0.4, -0.2) is 6.61 Å². The van der Waals surface area contributed by atoms with Crippen molar-refractivity contribution in [2.24, 2.45) is 17.8 Å². The lowest BCUT2D eigenvalue weighted by molar-refractivity contribution is 0.232. The van der Waals surface area contributed by atoms with Gasteiger partial charge in [-0.2, -0.15) is 0 Å². The minimum atomic E-state index is 0.894. The van der Waals surface area contributed by atoms with Gasteiger partial charge in [0.05, 0.1) is 6.61 Å². The monoisotopic (exact) mass is 272 g/mol. The van der Waals surface area contributed by atoms with Crippen LogP contribution in [0, 0.1) is 17.8 Å². The van der Waals surface area contributed by atoms with Crippen molar-refractivity contribution < 1.29 is 4.52 Å². The Morgan fingerprint density at radius 2 is 1.56 bits per heavy atom. The second kappa shape index (κ2) is 10.2. The van der Waals surface area contributed by atoms with Crippen LogP contribution in [0.25, 0.3) is 0 Å². The highest BCUT2D eigenvalue weighted by molar-refractivity contribution is 7.09. The lowest BCUT2D eigenvalue weighted by Crippen LogP contribution is -2.16. The number of hydrogen-bond donors (Lipinski definition) is 0. The van der Waals surface area contributed by atoms with E-state index < -0.39 is 0 Å². The van der Waals surface area contributed by atoms with Gasteiger partial charge < -0.3 is 4.52 Å². The molecule has 1 rings (SSSR count). The fraction of sp³-hybridized carbons (Fsp3) is 1.00. The van der Waals surface area contributed by atoms with E-state index in [-0.39, 0.29) is 0 Å². The highest BCUT2D eigenvalue weighted by Gasteiger charge is 2.21. The van der Waals surface area contributed by atoms with E-state index in [0.29, 0.717) is 0 Å². The third-order valence-corrected chi connectivity index (χ3v) is 4.63. The Morgan fingerprint density at radius 3 is 2.17 bits per heavy atom. The molecule has 0 aliphatic heterocycles. The second-order valence-electron chi connectivity index (χ2n) is 6.59. The van der Waals surface area contributed by atoms with Crippen LogP contribution in [-0.2, 0) is 4.52 Å². The summed E-state index contributed by atoms with van der Waals surface area (Å²) in [5.74, 6) is 2.98. The van der Waals surface area contributed by atoms with Gasteiger partial charge in [0.2, 0.25) is 0 Å². The summed E-state index contributed by atoms with van der Waals surface area (Å²) in [4.78, 5) is 0. The van der Waals surface area contributed by atoms with Gasteiger partial charge in [0.15, 0.2) is 0 Å². The summed E-state index contributed by atoms with van der Waals surface area (Å²) in [7, 11) is 2.34. The van der Waals surface area contributed by atoms with Gasteiger partial charge in [-0.1, -0.05) is 65.2 Å². The highest BCUT2D eigenvalue weighted by atomic mass is 31.0. The molecule has 1 aliphatic rings. The van der Waals surface area contributed by atoms with Crippen LogP contribution in [0.15, 0.2) is 0 Å². The van der Waals surface area contributed by atoms with Gasteiger partial charge in [-0.05, 0) is 30.6 Å². The van der Waals surface area contributed by atoms with Crippen molar-refractivity contribution in [3.05, 3.63) is 0 Å². The third kappa shape index (κ3) is 7.74. The van der Waals surface area contributed by atoms with E-state index in [1.165, 1.54) is 64.2 Å². The first kappa shape index (κ1) is 16.4. The fourth-order valence-corrected chi connectivity index (χ4v) is 3.56. The van der Waals surface area contributed by atoms with Crippen molar-refractivity contribution >= 4 is 9.47 Å². The van der Waals surface area contributed by atoms with Crippen LogP contribution in [0.4, 0.5) is 0 Å². The van der Waals surface area contributed by atoms with Crippen LogP contribution in [0.1, 0.15) is 78.1 Å². The molecule has 1 fully saturated rings. The van der Waals surface area contributed by atoms with Gasteiger partial charge in [-0.25, -0.2) is 0 Å². The minimum absolute atomic E-state index is 0.894. The summed E-state index contributed by atoms with van der Waals surface area (Å²) in [6, 6.07) is 0. The number of hydrogen-bond acceptors (Lipinski definition) is 1. The Balaban J connectivity index is 1.95. The topological polar surface area (TPSA) is 9.23 Å². The van der Waals surface area contributed by atoms with Crippen LogP contribution in [0.2, 0.25) is 0 Å². The maximum atomic E-state index is 5.00. The smallest absolute Gasteiger partial charge is 0.0501 e. The van der Waals surface area contributed by atoms with Crippen molar-refractivity contribution in [2.75, 3.05) is 6.61 Å². The first-order valence-corrected chi connectivity index (χ1v) is 8.51. The summed E-state index contributed by atoms with van der Waals surface area (Å²) >= 11 is 0. The predicted octanol–water partition coefficient (Wildman–Crippen LogP) is 5.60. The largest absolute Gasteiger partial charge is 0.366 e. The van der Waals surface area contributed by atoms with E-state index in [0.717, 1.165) is 24.4 Å². The maximum absolute atomic E-state index is 5.00. The first-order valence-electron chi connectivity index (χ1n) is 8.04. The number of unbranched alkanes of at least 4 members (excludes halogenated alkanes) is 3. The molecule has 0 aromatic heterocycles. The SMILES string of the molecule is CC(C)CC1CCC(CCCCCCOP)CC1. The van der Waals surface area contributed by atoms with E-state index in [9.17, 15) is 0 Å². The van der Waals surface area contributed by atoms with Gasteiger partial charge in [0.25, 0.3) is 0 Å². The van der Waals surface area contributed by atoms with Gasteiger partial charge in [0, 0.05) is 9.47 Å². The Bertz CT molecular complexity index is 186. The average Bonchev–Trinajstić information content (AvgIpc) is 2.35. The zero-order chi connectivity index (χ0) is 13.2. The molecular formula is C16H33OP. The molecule has 0 radical (unpaired) electrons. The second-order valence-corrected chi connectivity index (χ2v) is 6.92. The molecule has 0 spiro atoms. The summed E-state index contributed by atoms with van der Waals surface area (Å²) in [5.41, 5.74) is 0. The van der Waals surface area contributed by atoms with Crippen LogP contribution >= 0.6 is 9.47 Å². The van der Waals surface area contributed by atoms with E-state index >= 15 is 0 Å². The van der Waals surface area contributed by atoms with E-state index in [4.69, 9.17) is 4.52 Å². The van der Waals surface area contributed by atoms with Gasteiger partial charge in [-0.3, -0.25) is 0 Å². The Morgan fingerprint density at radius 1 is 0.944 bits per heavy atom. The summed E-state index contributed by atoms with van der Waals surface area (Å²) < 4.78 is 5.00. The van der Waals surface area contributed by atoms with E-state index in [1.54, 1.807) is 0 Å². The standard InChI is InChI=1S/C16H33OP/c1-14(2)13-16-10-8-15(9-11-16)7-5-3-4-6-12-17-18/h14-16H,3-13,18H2,1-2H3. The van der Waals surface area contributed by atoms with Crippen LogP contribution in [0.3, 0.4) is 0 Å². The van der Waals surface area contributed by atoms with Crippen LogP contribution < -0.4 is 0 Å². The molecular weight excluding hydrogens is 239 g/mol. The molecule has 1 aliphatic carbocycles. The van der Waals surface area contributed by atoms with Crippen molar-refractivity contribution in [3.8, 4) is 0 Å². The van der Waals surface area contributed by atoms with Crippen molar-refractivity contribution in [1.29, 1.82) is 0 Å². The third-order valence-electron chi connectivity index (χ3n) is 4.40. The molecule has 1 saturated carbocycles. The zero-order valence-corrected chi connectivity index (χ0v) is 13.7. The molecule has 18 heavy (non-hydrogen) atoms. The lowest BCUT2D eigenvalue weighted by Gasteiger charge is -2.29. The molecule has 1 unspecified atom stereocenters. The molecule has 0 aromatic carbocycles. The Hall–Kier alpha value is 0.390. The summed E-state index contributed by atoms with van der Waals surface area (Å²) in [6.07, 6.45) is 14.4. The van der Waals surface area contributed by atoms with Gasteiger partial charge >= 0.3 is 0 Å². The zero-order valence-electron chi connectivity index (χ0n) is 12.5.